The molecule has 1 fully saturated rings. The van der Waals surface area contributed by atoms with Gasteiger partial charge in [0.1, 0.15) is 0 Å². The van der Waals surface area contributed by atoms with Gasteiger partial charge in [-0.2, -0.15) is 0 Å². The van der Waals surface area contributed by atoms with Crippen molar-refractivity contribution < 1.29 is 4.79 Å². The number of hydrogen-bond acceptors (Lipinski definition) is 1. The molecule has 0 heterocycles. The first kappa shape index (κ1) is 12.5. The molecule has 0 spiro atoms. The number of rotatable bonds is 6. The second-order valence-electron chi connectivity index (χ2n) is 4.04. The minimum atomic E-state index is -0.0717. The molecule has 0 atom stereocenters. The zero-order chi connectivity index (χ0) is 12.0. The van der Waals surface area contributed by atoms with Gasteiger partial charge in [0.2, 0.25) is 0 Å². The fourth-order valence-electron chi connectivity index (χ4n) is 1.14. The predicted octanol–water partition coefficient (Wildman–Crippen LogP) is 2.90. The summed E-state index contributed by atoms with van der Waals surface area (Å²) in [5, 5.41) is 2.89. The fourth-order valence-corrected chi connectivity index (χ4v) is 1.14. The van der Waals surface area contributed by atoms with Crippen molar-refractivity contribution in [2.45, 2.75) is 32.2 Å². The highest BCUT2D eigenvalue weighted by Crippen LogP contribution is 2.19. The van der Waals surface area contributed by atoms with Crippen LogP contribution in [0.3, 0.4) is 0 Å². The van der Waals surface area contributed by atoms with Crippen LogP contribution in [-0.4, -0.2) is 11.9 Å². The Morgan fingerprint density at radius 3 is 2.62 bits per heavy atom. The van der Waals surface area contributed by atoms with Crippen molar-refractivity contribution in [1.82, 2.24) is 5.32 Å². The lowest BCUT2D eigenvalue weighted by Gasteiger charge is -2.02. The first-order valence-electron chi connectivity index (χ1n) is 5.60. The third-order valence-electron chi connectivity index (χ3n) is 2.34. The Bertz CT molecular complexity index is 346. The van der Waals surface area contributed by atoms with Crippen LogP contribution in [0.1, 0.15) is 26.2 Å². The molecule has 1 N–H and O–H groups in total. The Morgan fingerprint density at radius 2 is 2.06 bits per heavy atom. The summed E-state index contributed by atoms with van der Waals surface area (Å²) in [5.74, 6) is -0.0717. The van der Waals surface area contributed by atoms with Crippen molar-refractivity contribution in [3.8, 4) is 0 Å². The maximum atomic E-state index is 11.5. The first-order valence-corrected chi connectivity index (χ1v) is 5.60. The van der Waals surface area contributed by atoms with Crippen molar-refractivity contribution >= 4 is 5.91 Å². The van der Waals surface area contributed by atoms with E-state index in [9.17, 15) is 4.79 Å². The molecule has 1 aliphatic rings. The molecule has 1 rings (SSSR count). The van der Waals surface area contributed by atoms with Gasteiger partial charge in [0.05, 0.1) is 0 Å². The van der Waals surface area contributed by atoms with Gasteiger partial charge in [0.25, 0.3) is 5.91 Å². The largest absolute Gasteiger partial charge is 0.349 e. The Labute approximate surface area is 97.4 Å². The molecule has 2 nitrogen and oxygen atoms in total. The minimum Gasteiger partial charge on any atom is -0.349 e. The van der Waals surface area contributed by atoms with Crippen molar-refractivity contribution in [2.24, 2.45) is 0 Å². The van der Waals surface area contributed by atoms with Crippen molar-refractivity contribution in [2.75, 3.05) is 0 Å². The summed E-state index contributed by atoms with van der Waals surface area (Å²) >= 11 is 0. The van der Waals surface area contributed by atoms with Gasteiger partial charge in [0, 0.05) is 11.6 Å². The van der Waals surface area contributed by atoms with E-state index in [-0.39, 0.29) is 5.91 Å². The highest BCUT2D eigenvalue weighted by atomic mass is 16.1. The molecule has 2 heteroatoms. The first-order chi connectivity index (χ1) is 7.63. The highest BCUT2D eigenvalue weighted by molar-refractivity contribution is 5.95. The summed E-state index contributed by atoms with van der Waals surface area (Å²) in [6, 6.07) is 0.379. The lowest BCUT2D eigenvalue weighted by atomic mass is 10.1. The van der Waals surface area contributed by atoms with Crippen molar-refractivity contribution in [1.29, 1.82) is 0 Å². The third kappa shape index (κ3) is 4.78. The van der Waals surface area contributed by atoms with Crippen molar-refractivity contribution in [3.63, 3.8) is 0 Å². The van der Waals surface area contributed by atoms with Gasteiger partial charge in [-0.1, -0.05) is 37.0 Å². The summed E-state index contributed by atoms with van der Waals surface area (Å²) in [6.45, 7) is 9.59. The lowest BCUT2D eigenvalue weighted by Crippen LogP contribution is -2.25. The molecule has 16 heavy (non-hydrogen) atoms. The molecule has 86 valence electrons. The van der Waals surface area contributed by atoms with E-state index in [4.69, 9.17) is 0 Å². The van der Waals surface area contributed by atoms with Gasteiger partial charge < -0.3 is 5.32 Å². The third-order valence-corrected chi connectivity index (χ3v) is 2.34. The van der Waals surface area contributed by atoms with E-state index in [1.807, 2.05) is 25.2 Å². The molecule has 0 aromatic rings. The minimum absolute atomic E-state index is 0.0717. The Morgan fingerprint density at radius 1 is 1.38 bits per heavy atom. The van der Waals surface area contributed by atoms with Crippen LogP contribution in [0.25, 0.3) is 0 Å². The molecule has 0 saturated heterocycles. The Kier molecular flexibility index (Phi) is 4.77. The average Bonchev–Trinajstić information content (AvgIpc) is 3.06. The van der Waals surface area contributed by atoms with Crippen LogP contribution in [0.2, 0.25) is 0 Å². The Hall–Kier alpha value is -1.57. The van der Waals surface area contributed by atoms with Gasteiger partial charge in [-0.05, 0) is 32.3 Å². The van der Waals surface area contributed by atoms with E-state index in [1.165, 1.54) is 0 Å². The van der Waals surface area contributed by atoms with Crippen LogP contribution in [0, 0.1) is 0 Å². The quantitative estimate of drug-likeness (QED) is 0.414. The number of allylic oxidation sites excluding steroid dienone is 4. The molecular weight excluding hydrogens is 198 g/mol. The molecule has 0 bridgehead atoms. The highest BCUT2D eigenvalue weighted by Gasteiger charge is 2.23. The van der Waals surface area contributed by atoms with E-state index in [2.05, 4.69) is 18.5 Å². The van der Waals surface area contributed by atoms with Gasteiger partial charge in [0.15, 0.2) is 0 Å². The van der Waals surface area contributed by atoms with E-state index >= 15 is 0 Å². The van der Waals surface area contributed by atoms with Crippen LogP contribution in [0.5, 0.6) is 0 Å². The van der Waals surface area contributed by atoms with Crippen LogP contribution < -0.4 is 5.32 Å². The summed E-state index contributed by atoms with van der Waals surface area (Å²) < 4.78 is 0. The average molecular weight is 217 g/mol. The van der Waals surface area contributed by atoms with Gasteiger partial charge in [-0.15, -0.1) is 0 Å². The second-order valence-corrected chi connectivity index (χ2v) is 4.04. The van der Waals surface area contributed by atoms with E-state index in [0.717, 1.165) is 24.8 Å². The second kappa shape index (κ2) is 6.11. The Balaban J connectivity index is 2.33. The smallest absolute Gasteiger partial charge is 0.250 e. The number of carbonyl (C=O) groups excluding carboxylic acids is 1. The topological polar surface area (TPSA) is 29.1 Å². The number of nitrogens with one attached hydrogen (secondary N) is 1. The molecule has 0 aromatic carbocycles. The molecule has 1 saturated carbocycles. The maximum Gasteiger partial charge on any atom is 0.250 e. The molecular formula is C14H19NO. The molecule has 0 aromatic heterocycles. The molecule has 0 radical (unpaired) electrons. The molecule has 1 amide bonds. The van der Waals surface area contributed by atoms with Crippen LogP contribution in [-0.2, 0) is 4.79 Å². The van der Waals surface area contributed by atoms with Crippen LogP contribution in [0.4, 0.5) is 0 Å². The SMILES string of the molecule is C=C(C=CC(=C)C(=O)NC1CC1)CC=CC. The summed E-state index contributed by atoms with van der Waals surface area (Å²) in [7, 11) is 0. The molecule has 0 unspecified atom stereocenters. The van der Waals surface area contributed by atoms with Gasteiger partial charge in [-0.3, -0.25) is 4.79 Å². The standard InChI is InChI=1S/C14H19NO/c1-4-5-6-11(2)7-8-12(3)14(16)15-13-9-10-13/h4-5,7-8,13H,2-3,6,9-10H2,1H3,(H,15,16). The van der Waals surface area contributed by atoms with Gasteiger partial charge >= 0.3 is 0 Å². The molecule has 0 aliphatic heterocycles. The van der Waals surface area contributed by atoms with Crippen LogP contribution >= 0.6 is 0 Å². The summed E-state index contributed by atoms with van der Waals surface area (Å²) in [5.41, 5.74) is 1.46. The van der Waals surface area contributed by atoms with Crippen LogP contribution in [0.15, 0.2) is 48.6 Å². The molecule has 1 aliphatic carbocycles. The van der Waals surface area contributed by atoms with Gasteiger partial charge in [-0.25, -0.2) is 0 Å². The van der Waals surface area contributed by atoms with E-state index < -0.39 is 0 Å². The monoisotopic (exact) mass is 217 g/mol. The van der Waals surface area contributed by atoms with Crippen molar-refractivity contribution in [3.05, 3.63) is 48.6 Å². The van der Waals surface area contributed by atoms with E-state index in [0.29, 0.717) is 11.6 Å². The lowest BCUT2D eigenvalue weighted by molar-refractivity contribution is -0.117. The fraction of sp³-hybridized carbons (Fsp3) is 0.357. The number of amides is 1. The number of carbonyl (C=O) groups is 1. The summed E-state index contributed by atoms with van der Waals surface area (Å²) in [6.07, 6.45) is 10.6. The normalized spacial score (nSPS) is 15.6. The number of hydrogen-bond donors (Lipinski definition) is 1. The maximum absolute atomic E-state index is 11.5. The predicted molar refractivity (Wildman–Crippen MR) is 68.0 cm³/mol. The van der Waals surface area contributed by atoms with E-state index in [1.54, 1.807) is 6.08 Å². The summed E-state index contributed by atoms with van der Waals surface area (Å²) in [4.78, 5) is 11.5. The zero-order valence-electron chi connectivity index (χ0n) is 9.83. The zero-order valence-corrected chi connectivity index (χ0v) is 9.83.